The Kier molecular flexibility index (Phi) is 10.1. The van der Waals surface area contributed by atoms with E-state index in [1.165, 1.54) is 66.3 Å². The lowest BCUT2D eigenvalue weighted by Gasteiger charge is -2.21. The van der Waals surface area contributed by atoms with Crippen molar-refractivity contribution in [2.24, 2.45) is 0 Å². The molecule has 0 amide bonds. The number of fused-ring (bicyclic) bond motifs is 3. The molecule has 0 aliphatic rings. The maximum absolute atomic E-state index is 5.51. The molecule has 0 saturated carbocycles. The summed E-state index contributed by atoms with van der Waals surface area (Å²) in [6, 6.07) is 50.4. The number of hydrogen-bond donors (Lipinski definition) is 0. The van der Waals surface area contributed by atoms with E-state index in [1.807, 2.05) is 36.4 Å². The second-order valence-corrected chi connectivity index (χ2v) is 17.4. The van der Waals surface area contributed by atoms with Gasteiger partial charge in [-0.25, -0.2) is 19.9 Å². The quantitative estimate of drug-likeness (QED) is 0.161. The van der Waals surface area contributed by atoms with E-state index in [2.05, 4.69) is 176 Å². The van der Waals surface area contributed by atoms with Crippen LogP contribution in [-0.4, -0.2) is 24.5 Å². The summed E-state index contributed by atoms with van der Waals surface area (Å²) in [7, 11) is 0. The Hall–Kier alpha value is -7.50. The molecule has 0 bridgehead atoms. The van der Waals surface area contributed by atoms with Crippen molar-refractivity contribution in [3.8, 4) is 73.5 Å². The number of aryl methyl sites for hydroxylation is 5. The molecular weight excluding hydrogens is 779 g/mol. The van der Waals surface area contributed by atoms with Gasteiger partial charge in [0.15, 0.2) is 11.6 Å². The first kappa shape index (κ1) is 40.6. The third kappa shape index (κ3) is 6.71. The van der Waals surface area contributed by atoms with E-state index in [0.29, 0.717) is 11.6 Å². The van der Waals surface area contributed by atoms with E-state index in [4.69, 9.17) is 19.9 Å². The van der Waals surface area contributed by atoms with Crippen molar-refractivity contribution in [2.45, 2.75) is 62.3 Å². The number of rotatable bonds is 7. The first-order chi connectivity index (χ1) is 31.0. The van der Waals surface area contributed by atoms with E-state index in [0.717, 1.165) is 67.4 Å². The summed E-state index contributed by atoms with van der Waals surface area (Å²) >= 11 is 0. The number of nitrogens with zero attached hydrogens (tertiary/aromatic N) is 5. The maximum Gasteiger partial charge on any atom is 0.162 e. The van der Waals surface area contributed by atoms with Gasteiger partial charge < -0.3 is 4.57 Å². The molecule has 0 saturated heterocycles. The van der Waals surface area contributed by atoms with Crippen LogP contribution in [0.4, 0.5) is 0 Å². The Balaban J connectivity index is 1.37. The molecule has 0 radical (unpaired) electrons. The number of benzene rings is 7. The minimum atomic E-state index is 0.642. The SMILES string of the molecule is Cc1cc(-n2c3c(C)c(C)c(C)c(C)c3c3c(C)c(C)c(C)c(C)c32)c(-c2nc(-c3ccccc3)cc(-c3ccccc3)n2)cc1-c1cc(-c2ccccc2)nc(-c2ccccc2)n1. The zero-order valence-corrected chi connectivity index (χ0v) is 38.1. The summed E-state index contributed by atoms with van der Waals surface area (Å²) in [6.07, 6.45) is 0. The summed E-state index contributed by atoms with van der Waals surface area (Å²) < 4.78 is 2.55. The first-order valence-electron chi connectivity index (χ1n) is 22.2. The van der Waals surface area contributed by atoms with Gasteiger partial charge in [0.1, 0.15) is 0 Å². The third-order valence-corrected chi connectivity index (χ3v) is 13.8. The van der Waals surface area contributed by atoms with Crippen LogP contribution in [0.25, 0.3) is 95.3 Å². The molecule has 0 spiro atoms. The van der Waals surface area contributed by atoms with Gasteiger partial charge in [0.05, 0.1) is 39.5 Å². The maximum atomic E-state index is 5.51. The lowest BCUT2D eigenvalue weighted by molar-refractivity contribution is 1.10. The predicted molar refractivity (Wildman–Crippen MR) is 267 cm³/mol. The van der Waals surface area contributed by atoms with Gasteiger partial charge in [-0.3, -0.25) is 0 Å². The summed E-state index contributed by atoms with van der Waals surface area (Å²) in [6.45, 7) is 20.5. The van der Waals surface area contributed by atoms with Crippen molar-refractivity contribution in [2.75, 3.05) is 0 Å². The second kappa shape index (κ2) is 16.0. The molecule has 7 aromatic carbocycles. The molecule has 0 aliphatic carbocycles. The van der Waals surface area contributed by atoms with E-state index < -0.39 is 0 Å². The Morgan fingerprint density at radius 3 is 1.11 bits per heavy atom. The summed E-state index contributed by atoms with van der Waals surface area (Å²) in [5, 5.41) is 2.62. The lowest BCUT2D eigenvalue weighted by Crippen LogP contribution is -2.06. The van der Waals surface area contributed by atoms with E-state index in [1.54, 1.807) is 0 Å². The van der Waals surface area contributed by atoms with Crippen LogP contribution in [-0.2, 0) is 0 Å². The molecule has 3 heterocycles. The fraction of sp³-hybridized carbons (Fsp3) is 0.153. The summed E-state index contributed by atoms with van der Waals surface area (Å²) in [4.78, 5) is 21.5. The molecule has 5 heteroatoms. The van der Waals surface area contributed by atoms with Crippen LogP contribution in [0, 0.1) is 62.3 Å². The van der Waals surface area contributed by atoms with Crippen molar-refractivity contribution in [3.05, 3.63) is 196 Å². The molecular formula is C59H51N5. The van der Waals surface area contributed by atoms with Gasteiger partial charge in [-0.15, -0.1) is 0 Å². The average molecular weight is 830 g/mol. The van der Waals surface area contributed by atoms with Crippen LogP contribution < -0.4 is 0 Å². The van der Waals surface area contributed by atoms with Crippen LogP contribution in [0.3, 0.4) is 0 Å². The average Bonchev–Trinajstić information content (AvgIpc) is 3.71. The largest absolute Gasteiger partial charge is 0.308 e. The van der Waals surface area contributed by atoms with Crippen molar-refractivity contribution < 1.29 is 0 Å². The summed E-state index contributed by atoms with van der Waals surface area (Å²) in [5.74, 6) is 1.32. The fourth-order valence-electron chi connectivity index (χ4n) is 9.58. The smallest absolute Gasteiger partial charge is 0.162 e. The Labute approximate surface area is 376 Å². The summed E-state index contributed by atoms with van der Waals surface area (Å²) in [5.41, 5.74) is 24.4. The van der Waals surface area contributed by atoms with E-state index in [-0.39, 0.29) is 0 Å². The van der Waals surface area contributed by atoms with Crippen LogP contribution in [0.1, 0.15) is 50.1 Å². The molecule has 312 valence electrons. The van der Waals surface area contributed by atoms with Crippen molar-refractivity contribution in [1.29, 1.82) is 0 Å². The normalized spacial score (nSPS) is 11.5. The van der Waals surface area contributed by atoms with Crippen LogP contribution >= 0.6 is 0 Å². The van der Waals surface area contributed by atoms with Crippen LogP contribution in [0.2, 0.25) is 0 Å². The molecule has 0 atom stereocenters. The Bertz CT molecular complexity index is 3250. The number of hydrogen-bond acceptors (Lipinski definition) is 4. The highest BCUT2D eigenvalue weighted by molar-refractivity contribution is 6.16. The fourth-order valence-corrected chi connectivity index (χ4v) is 9.58. The highest BCUT2D eigenvalue weighted by Gasteiger charge is 2.27. The molecule has 0 unspecified atom stereocenters. The van der Waals surface area contributed by atoms with Gasteiger partial charge >= 0.3 is 0 Å². The lowest BCUT2D eigenvalue weighted by atomic mass is 9.90. The Morgan fingerprint density at radius 1 is 0.312 bits per heavy atom. The van der Waals surface area contributed by atoms with Crippen LogP contribution in [0.5, 0.6) is 0 Å². The molecule has 64 heavy (non-hydrogen) atoms. The van der Waals surface area contributed by atoms with Gasteiger partial charge in [0.2, 0.25) is 0 Å². The molecule has 0 fully saturated rings. The third-order valence-electron chi connectivity index (χ3n) is 13.8. The highest BCUT2D eigenvalue weighted by atomic mass is 15.0. The van der Waals surface area contributed by atoms with Crippen molar-refractivity contribution >= 4 is 21.8 Å². The standard InChI is InChI=1S/C59H51N5/c1-34-30-53(64-56-41(8)37(4)35(2)39(6)54(56)55-40(7)36(3)38(5)42(9)57(55)64)48(59-61-49(43-22-14-10-15-23-43)32-50(62-59)44-24-16-11-17-25-44)31-47(34)52-33-51(45-26-18-12-19-27-45)60-58(63-52)46-28-20-13-21-29-46/h10-33H,1-9H3. The first-order valence-corrected chi connectivity index (χ1v) is 22.2. The Morgan fingerprint density at radius 2 is 0.672 bits per heavy atom. The zero-order chi connectivity index (χ0) is 44.4. The van der Waals surface area contributed by atoms with E-state index in [9.17, 15) is 0 Å². The molecule has 10 rings (SSSR count). The molecule has 5 nitrogen and oxygen atoms in total. The molecule has 0 aliphatic heterocycles. The van der Waals surface area contributed by atoms with Crippen LogP contribution in [0.15, 0.2) is 146 Å². The molecule has 0 N–H and O–H groups in total. The predicted octanol–water partition coefficient (Wildman–Crippen LogP) is 15.1. The van der Waals surface area contributed by atoms with Crippen molar-refractivity contribution in [1.82, 2.24) is 24.5 Å². The van der Waals surface area contributed by atoms with E-state index >= 15 is 0 Å². The molecule has 10 aromatic rings. The van der Waals surface area contributed by atoms with Crippen molar-refractivity contribution in [3.63, 3.8) is 0 Å². The zero-order valence-electron chi connectivity index (χ0n) is 38.1. The molecule has 3 aromatic heterocycles. The minimum Gasteiger partial charge on any atom is -0.308 e. The number of aromatic nitrogens is 5. The monoisotopic (exact) mass is 829 g/mol. The van der Waals surface area contributed by atoms with Gasteiger partial charge in [-0.2, -0.15) is 0 Å². The van der Waals surface area contributed by atoms with Gasteiger partial charge in [-0.05, 0) is 137 Å². The topological polar surface area (TPSA) is 56.5 Å². The van der Waals surface area contributed by atoms with Gasteiger partial charge in [0.25, 0.3) is 0 Å². The second-order valence-electron chi connectivity index (χ2n) is 17.4. The minimum absolute atomic E-state index is 0.642. The van der Waals surface area contributed by atoms with Gasteiger partial charge in [-0.1, -0.05) is 121 Å². The highest BCUT2D eigenvalue weighted by Crippen LogP contribution is 2.46. The van der Waals surface area contributed by atoms with Gasteiger partial charge in [0, 0.05) is 44.2 Å².